The third-order valence-corrected chi connectivity index (χ3v) is 2.40. The molecule has 0 spiro atoms. The molecular formula is C13H20N2O3. The Morgan fingerprint density at radius 3 is 2.94 bits per heavy atom. The molecule has 0 atom stereocenters. The normalized spacial score (nSPS) is 10.3. The molecule has 0 saturated heterocycles. The van der Waals surface area contributed by atoms with Gasteiger partial charge < -0.3 is 15.2 Å². The number of pyridine rings is 1. The Hall–Kier alpha value is -1.62. The molecule has 0 bridgehead atoms. The van der Waals surface area contributed by atoms with Gasteiger partial charge in [-0.1, -0.05) is 6.92 Å². The van der Waals surface area contributed by atoms with Crippen molar-refractivity contribution < 1.29 is 14.6 Å². The standard InChI is InChI=1S/C13H20N2O3/c1-3-6-18-7-4-5-14-12-8-10(2)15-9-11(12)13(16)17/h8-9H,3-7H2,1-2H3,(H,14,15)(H,16,17). The van der Waals surface area contributed by atoms with Gasteiger partial charge in [-0.3, -0.25) is 4.98 Å². The lowest BCUT2D eigenvalue weighted by atomic mass is 10.2. The fourth-order valence-corrected chi connectivity index (χ4v) is 1.52. The largest absolute Gasteiger partial charge is 0.478 e. The summed E-state index contributed by atoms with van der Waals surface area (Å²) in [4.78, 5) is 15.0. The van der Waals surface area contributed by atoms with Crippen LogP contribution in [0.4, 0.5) is 5.69 Å². The first-order valence-electron chi connectivity index (χ1n) is 6.16. The summed E-state index contributed by atoms with van der Waals surface area (Å²) in [5.41, 5.74) is 1.62. The predicted octanol–water partition coefficient (Wildman–Crippen LogP) is 2.32. The van der Waals surface area contributed by atoms with E-state index in [4.69, 9.17) is 9.84 Å². The summed E-state index contributed by atoms with van der Waals surface area (Å²) in [6.45, 7) is 6.05. The molecule has 18 heavy (non-hydrogen) atoms. The number of nitrogens with one attached hydrogen (secondary N) is 1. The Kier molecular flexibility index (Phi) is 6.14. The second-order valence-electron chi connectivity index (χ2n) is 4.07. The third-order valence-electron chi connectivity index (χ3n) is 2.40. The number of rotatable bonds is 8. The van der Waals surface area contributed by atoms with Crippen molar-refractivity contribution in [2.45, 2.75) is 26.7 Å². The van der Waals surface area contributed by atoms with Crippen molar-refractivity contribution in [2.24, 2.45) is 0 Å². The highest BCUT2D eigenvalue weighted by Gasteiger charge is 2.10. The predicted molar refractivity (Wildman–Crippen MR) is 70.2 cm³/mol. The molecule has 0 fully saturated rings. The van der Waals surface area contributed by atoms with Crippen LogP contribution in [-0.4, -0.2) is 35.8 Å². The van der Waals surface area contributed by atoms with Gasteiger partial charge in [-0.25, -0.2) is 4.79 Å². The number of ether oxygens (including phenoxy) is 1. The number of aromatic carboxylic acids is 1. The minimum atomic E-state index is -0.966. The molecule has 1 heterocycles. The lowest BCUT2D eigenvalue weighted by molar-refractivity contribution is 0.0697. The number of hydrogen-bond donors (Lipinski definition) is 2. The average Bonchev–Trinajstić information content (AvgIpc) is 2.33. The highest BCUT2D eigenvalue weighted by molar-refractivity contribution is 5.93. The van der Waals surface area contributed by atoms with Crippen LogP contribution in [0, 0.1) is 6.92 Å². The highest BCUT2D eigenvalue weighted by atomic mass is 16.5. The van der Waals surface area contributed by atoms with Crippen LogP contribution in [0.3, 0.4) is 0 Å². The van der Waals surface area contributed by atoms with Gasteiger partial charge in [0.2, 0.25) is 0 Å². The van der Waals surface area contributed by atoms with Crippen molar-refractivity contribution >= 4 is 11.7 Å². The highest BCUT2D eigenvalue weighted by Crippen LogP contribution is 2.15. The van der Waals surface area contributed by atoms with Crippen LogP contribution in [0.2, 0.25) is 0 Å². The van der Waals surface area contributed by atoms with Crippen LogP contribution in [0.15, 0.2) is 12.3 Å². The van der Waals surface area contributed by atoms with E-state index in [1.165, 1.54) is 6.20 Å². The molecule has 0 radical (unpaired) electrons. The number of carboxylic acids is 1. The molecular weight excluding hydrogens is 232 g/mol. The lowest BCUT2D eigenvalue weighted by Gasteiger charge is -2.10. The zero-order valence-corrected chi connectivity index (χ0v) is 10.9. The molecule has 0 unspecified atom stereocenters. The van der Waals surface area contributed by atoms with Crippen LogP contribution >= 0.6 is 0 Å². The molecule has 0 aliphatic carbocycles. The Bertz CT molecular complexity index is 394. The van der Waals surface area contributed by atoms with Gasteiger partial charge in [0.25, 0.3) is 0 Å². The number of aromatic nitrogens is 1. The molecule has 0 aliphatic rings. The Morgan fingerprint density at radius 1 is 1.50 bits per heavy atom. The minimum Gasteiger partial charge on any atom is -0.478 e. The molecule has 1 aromatic rings. The topological polar surface area (TPSA) is 71.5 Å². The van der Waals surface area contributed by atoms with E-state index < -0.39 is 5.97 Å². The van der Waals surface area contributed by atoms with Gasteiger partial charge in [0.05, 0.1) is 5.69 Å². The monoisotopic (exact) mass is 252 g/mol. The van der Waals surface area contributed by atoms with Gasteiger partial charge >= 0.3 is 5.97 Å². The van der Waals surface area contributed by atoms with Crippen molar-refractivity contribution in [3.63, 3.8) is 0 Å². The zero-order valence-electron chi connectivity index (χ0n) is 10.9. The Labute approximate surface area is 107 Å². The van der Waals surface area contributed by atoms with Crippen LogP contribution < -0.4 is 5.32 Å². The summed E-state index contributed by atoms with van der Waals surface area (Å²) in [5, 5.41) is 12.1. The number of anilines is 1. The van der Waals surface area contributed by atoms with Crippen molar-refractivity contribution in [3.05, 3.63) is 23.5 Å². The van der Waals surface area contributed by atoms with Crippen LogP contribution in [0.1, 0.15) is 35.8 Å². The van der Waals surface area contributed by atoms with E-state index in [9.17, 15) is 4.79 Å². The summed E-state index contributed by atoms with van der Waals surface area (Å²) in [6, 6.07) is 1.75. The average molecular weight is 252 g/mol. The van der Waals surface area contributed by atoms with E-state index in [-0.39, 0.29) is 5.56 Å². The molecule has 5 heteroatoms. The smallest absolute Gasteiger partial charge is 0.339 e. The van der Waals surface area contributed by atoms with Crippen molar-refractivity contribution in [1.82, 2.24) is 4.98 Å². The number of nitrogens with zero attached hydrogens (tertiary/aromatic N) is 1. The molecule has 2 N–H and O–H groups in total. The van der Waals surface area contributed by atoms with Crippen LogP contribution in [-0.2, 0) is 4.74 Å². The van der Waals surface area contributed by atoms with Crippen molar-refractivity contribution in [3.8, 4) is 0 Å². The Balaban J connectivity index is 2.45. The molecule has 0 aromatic carbocycles. The maximum Gasteiger partial charge on any atom is 0.339 e. The number of carboxylic acid groups (broad SMARTS) is 1. The van der Waals surface area contributed by atoms with Crippen LogP contribution in [0.25, 0.3) is 0 Å². The first-order valence-corrected chi connectivity index (χ1v) is 6.16. The van der Waals surface area contributed by atoms with E-state index in [0.29, 0.717) is 18.8 Å². The number of aryl methyl sites for hydroxylation is 1. The van der Waals surface area contributed by atoms with Gasteiger partial charge in [0.1, 0.15) is 5.56 Å². The quantitative estimate of drug-likeness (QED) is 0.695. The molecule has 1 aromatic heterocycles. The first-order chi connectivity index (χ1) is 8.65. The minimum absolute atomic E-state index is 0.204. The second-order valence-corrected chi connectivity index (χ2v) is 4.07. The maximum absolute atomic E-state index is 11.0. The van der Waals surface area contributed by atoms with E-state index in [0.717, 1.165) is 25.1 Å². The molecule has 100 valence electrons. The van der Waals surface area contributed by atoms with E-state index in [1.54, 1.807) is 6.07 Å². The summed E-state index contributed by atoms with van der Waals surface area (Å²) in [6.07, 6.45) is 3.24. The SMILES string of the molecule is CCCOCCCNc1cc(C)ncc1C(=O)O. The summed E-state index contributed by atoms with van der Waals surface area (Å²) < 4.78 is 5.35. The Morgan fingerprint density at radius 2 is 2.28 bits per heavy atom. The zero-order chi connectivity index (χ0) is 13.4. The second kappa shape index (κ2) is 7.66. The van der Waals surface area contributed by atoms with E-state index >= 15 is 0 Å². The summed E-state index contributed by atoms with van der Waals surface area (Å²) in [7, 11) is 0. The van der Waals surface area contributed by atoms with E-state index in [2.05, 4.69) is 17.2 Å². The van der Waals surface area contributed by atoms with Crippen molar-refractivity contribution in [2.75, 3.05) is 25.1 Å². The summed E-state index contributed by atoms with van der Waals surface area (Å²) in [5.74, 6) is -0.966. The molecule has 0 aliphatic heterocycles. The van der Waals surface area contributed by atoms with Crippen LogP contribution in [0.5, 0.6) is 0 Å². The van der Waals surface area contributed by atoms with Gasteiger partial charge in [-0.2, -0.15) is 0 Å². The first kappa shape index (κ1) is 14.4. The van der Waals surface area contributed by atoms with Gasteiger partial charge in [-0.15, -0.1) is 0 Å². The lowest BCUT2D eigenvalue weighted by Crippen LogP contribution is -2.10. The molecule has 5 nitrogen and oxygen atoms in total. The summed E-state index contributed by atoms with van der Waals surface area (Å²) >= 11 is 0. The van der Waals surface area contributed by atoms with Gasteiger partial charge in [0, 0.05) is 31.6 Å². The number of carbonyl (C=O) groups is 1. The van der Waals surface area contributed by atoms with Gasteiger partial charge in [-0.05, 0) is 25.8 Å². The van der Waals surface area contributed by atoms with Crippen molar-refractivity contribution in [1.29, 1.82) is 0 Å². The molecule has 1 rings (SSSR count). The fourth-order valence-electron chi connectivity index (χ4n) is 1.52. The maximum atomic E-state index is 11.0. The molecule has 0 saturated carbocycles. The fraction of sp³-hybridized carbons (Fsp3) is 0.538. The number of hydrogen-bond acceptors (Lipinski definition) is 4. The third kappa shape index (κ3) is 4.71. The molecule has 0 amide bonds. The van der Waals surface area contributed by atoms with Gasteiger partial charge in [0.15, 0.2) is 0 Å². The van der Waals surface area contributed by atoms with E-state index in [1.807, 2.05) is 6.92 Å².